The van der Waals surface area contributed by atoms with Crippen LogP contribution in [0.3, 0.4) is 0 Å². The Hall–Kier alpha value is -2.09. The van der Waals surface area contributed by atoms with Crippen molar-refractivity contribution in [3.05, 3.63) is 63.2 Å². The van der Waals surface area contributed by atoms with Crippen LogP contribution in [0.25, 0.3) is 0 Å². The molecule has 4 N–H and O–H groups in total. The van der Waals surface area contributed by atoms with E-state index in [-0.39, 0.29) is 16.8 Å². The van der Waals surface area contributed by atoms with E-state index in [1.807, 2.05) is 19.1 Å². The minimum absolute atomic E-state index is 0.0555. The van der Waals surface area contributed by atoms with Gasteiger partial charge in [-0.15, -0.1) is 10.2 Å². The maximum absolute atomic E-state index is 12.2. The van der Waals surface area contributed by atoms with Crippen LogP contribution in [0.5, 0.6) is 0 Å². The van der Waals surface area contributed by atoms with Crippen LogP contribution < -0.4 is 15.8 Å². The van der Waals surface area contributed by atoms with Crippen LogP contribution in [0.1, 0.15) is 28.9 Å². The molecule has 0 fully saturated rings. The second-order valence-electron chi connectivity index (χ2n) is 5.85. The number of amides is 1. The Kier molecular flexibility index (Phi) is 6.27. The fraction of sp³-hybridized carbons (Fsp3) is 0.118. The molecule has 1 aromatic heterocycles. The van der Waals surface area contributed by atoms with Crippen LogP contribution >= 0.6 is 33.9 Å². The predicted octanol–water partition coefficient (Wildman–Crippen LogP) is 3.22. The molecular formula is C17H16IN5O3S2. The Morgan fingerprint density at radius 1 is 1.07 bits per heavy atom. The summed E-state index contributed by atoms with van der Waals surface area (Å²) in [7, 11) is -3.72. The number of aromatic nitrogens is 2. The van der Waals surface area contributed by atoms with Crippen molar-refractivity contribution in [1.29, 1.82) is 0 Å². The molecule has 1 amide bonds. The first-order valence-electron chi connectivity index (χ1n) is 8.02. The second kappa shape index (κ2) is 8.51. The molecule has 11 heteroatoms. The highest BCUT2D eigenvalue weighted by atomic mass is 127. The molecule has 0 bridgehead atoms. The number of rotatable bonds is 6. The number of sulfonamides is 1. The van der Waals surface area contributed by atoms with Crippen molar-refractivity contribution < 1.29 is 13.2 Å². The lowest BCUT2D eigenvalue weighted by atomic mass is 10.1. The van der Waals surface area contributed by atoms with Gasteiger partial charge in [-0.2, -0.15) is 0 Å². The minimum Gasteiger partial charge on any atom is -0.354 e. The largest absolute Gasteiger partial charge is 0.354 e. The maximum atomic E-state index is 12.2. The van der Waals surface area contributed by atoms with Gasteiger partial charge in [-0.05, 0) is 71.5 Å². The topological polar surface area (TPSA) is 127 Å². The van der Waals surface area contributed by atoms with Crippen LogP contribution in [-0.2, 0) is 10.0 Å². The van der Waals surface area contributed by atoms with E-state index in [9.17, 15) is 13.2 Å². The third kappa shape index (κ3) is 5.25. The lowest BCUT2D eigenvalue weighted by Gasteiger charge is -2.13. The quantitative estimate of drug-likeness (QED) is 0.421. The molecule has 3 rings (SSSR count). The lowest BCUT2D eigenvalue weighted by molar-refractivity contribution is 0.102. The highest BCUT2D eigenvalue weighted by molar-refractivity contribution is 14.1. The van der Waals surface area contributed by atoms with Gasteiger partial charge >= 0.3 is 0 Å². The fourth-order valence-electron chi connectivity index (χ4n) is 2.32. The summed E-state index contributed by atoms with van der Waals surface area (Å²) in [6, 6.07) is 13.3. The average molecular weight is 529 g/mol. The summed E-state index contributed by atoms with van der Waals surface area (Å²) >= 11 is 3.38. The van der Waals surface area contributed by atoms with Gasteiger partial charge < -0.3 is 5.32 Å². The van der Waals surface area contributed by atoms with Crippen LogP contribution in [-0.4, -0.2) is 24.5 Å². The van der Waals surface area contributed by atoms with Crippen molar-refractivity contribution in [2.75, 3.05) is 10.6 Å². The number of primary sulfonamides is 1. The van der Waals surface area contributed by atoms with Gasteiger partial charge in [-0.3, -0.25) is 10.1 Å². The van der Waals surface area contributed by atoms with Crippen molar-refractivity contribution >= 4 is 60.1 Å². The van der Waals surface area contributed by atoms with Crippen LogP contribution in [0.2, 0.25) is 0 Å². The molecule has 28 heavy (non-hydrogen) atoms. The molecule has 0 aliphatic rings. The molecule has 0 radical (unpaired) electrons. The fourth-order valence-corrected chi connectivity index (χ4v) is 3.92. The number of carbonyl (C=O) groups is 1. The van der Waals surface area contributed by atoms with Crippen LogP contribution in [0.15, 0.2) is 53.4 Å². The molecule has 0 spiro atoms. The number of nitrogens with zero attached hydrogens (tertiary/aromatic N) is 2. The Morgan fingerprint density at radius 3 is 2.29 bits per heavy atom. The van der Waals surface area contributed by atoms with Gasteiger partial charge in [0.15, 0.2) is 0 Å². The maximum Gasteiger partial charge on any atom is 0.257 e. The number of benzene rings is 2. The van der Waals surface area contributed by atoms with E-state index in [4.69, 9.17) is 5.14 Å². The highest BCUT2D eigenvalue weighted by Crippen LogP contribution is 2.25. The van der Waals surface area contributed by atoms with E-state index in [1.165, 1.54) is 23.5 Å². The number of halogens is 1. The number of carbonyl (C=O) groups excluding carboxylic acids is 1. The summed E-state index contributed by atoms with van der Waals surface area (Å²) in [4.78, 5) is 12.3. The van der Waals surface area contributed by atoms with Gasteiger partial charge in [0.25, 0.3) is 5.91 Å². The number of hydrogen-bond acceptors (Lipinski definition) is 7. The SMILES string of the molecule is CC(Nc1nnc(NC(=O)c2ccc(I)cc2)s1)c1ccc(S(N)(=O)=O)cc1. The summed E-state index contributed by atoms with van der Waals surface area (Å²) < 4.78 is 23.7. The van der Waals surface area contributed by atoms with Gasteiger partial charge in [0.1, 0.15) is 0 Å². The van der Waals surface area contributed by atoms with Gasteiger partial charge in [0.05, 0.1) is 10.9 Å². The monoisotopic (exact) mass is 529 g/mol. The highest BCUT2D eigenvalue weighted by Gasteiger charge is 2.14. The molecule has 1 atom stereocenters. The third-order valence-corrected chi connectivity index (χ3v) is 6.22. The Balaban J connectivity index is 1.63. The zero-order valence-corrected chi connectivity index (χ0v) is 18.4. The van der Waals surface area contributed by atoms with Crippen molar-refractivity contribution in [2.45, 2.75) is 17.9 Å². The minimum atomic E-state index is -3.72. The van der Waals surface area contributed by atoms with Crippen molar-refractivity contribution in [1.82, 2.24) is 10.2 Å². The predicted molar refractivity (Wildman–Crippen MR) is 117 cm³/mol. The number of nitrogens with two attached hydrogens (primary N) is 1. The number of anilines is 2. The Labute approximate surface area is 179 Å². The summed E-state index contributed by atoms with van der Waals surface area (Å²) in [5, 5.41) is 19.9. The molecule has 146 valence electrons. The Bertz CT molecular complexity index is 1080. The lowest BCUT2D eigenvalue weighted by Crippen LogP contribution is -2.12. The standard InChI is InChI=1S/C17H16IN5O3S2/c1-10(11-4-8-14(9-5-11)28(19,25)26)20-16-22-23-17(27-16)21-15(24)12-2-6-13(18)7-3-12/h2-10H,1H3,(H,20,22)(H2,19,25,26)(H,21,23,24). The van der Waals surface area contributed by atoms with E-state index in [0.29, 0.717) is 15.8 Å². The molecule has 0 aliphatic heterocycles. The van der Waals surface area contributed by atoms with E-state index in [1.54, 1.807) is 24.3 Å². The summed E-state index contributed by atoms with van der Waals surface area (Å²) in [5.74, 6) is -0.259. The first kappa shape index (κ1) is 20.6. The van der Waals surface area contributed by atoms with Gasteiger partial charge in [-0.1, -0.05) is 23.5 Å². The molecule has 1 heterocycles. The molecular weight excluding hydrogens is 513 g/mol. The number of hydrogen-bond donors (Lipinski definition) is 3. The van der Waals surface area contributed by atoms with Crippen LogP contribution in [0, 0.1) is 3.57 Å². The normalized spacial score (nSPS) is 12.4. The van der Waals surface area contributed by atoms with Gasteiger partial charge in [-0.25, -0.2) is 13.6 Å². The Morgan fingerprint density at radius 2 is 1.68 bits per heavy atom. The third-order valence-electron chi connectivity index (χ3n) is 3.80. The molecule has 2 aromatic carbocycles. The van der Waals surface area contributed by atoms with Gasteiger partial charge in [0, 0.05) is 9.13 Å². The van der Waals surface area contributed by atoms with E-state index < -0.39 is 10.0 Å². The molecule has 1 unspecified atom stereocenters. The zero-order valence-electron chi connectivity index (χ0n) is 14.6. The second-order valence-corrected chi connectivity index (χ2v) is 9.64. The summed E-state index contributed by atoms with van der Waals surface area (Å²) in [6.07, 6.45) is 0. The van der Waals surface area contributed by atoms with E-state index in [2.05, 4.69) is 43.4 Å². The zero-order chi connectivity index (χ0) is 20.3. The molecule has 0 saturated carbocycles. The molecule has 0 aliphatic carbocycles. The van der Waals surface area contributed by atoms with Crippen LogP contribution in [0.4, 0.5) is 10.3 Å². The summed E-state index contributed by atoms with van der Waals surface area (Å²) in [6.45, 7) is 1.90. The van der Waals surface area contributed by atoms with Crippen molar-refractivity contribution in [2.24, 2.45) is 5.14 Å². The molecule has 8 nitrogen and oxygen atoms in total. The number of nitrogens with one attached hydrogen (secondary N) is 2. The van der Waals surface area contributed by atoms with E-state index in [0.717, 1.165) is 9.13 Å². The van der Waals surface area contributed by atoms with Gasteiger partial charge in [0.2, 0.25) is 20.3 Å². The average Bonchev–Trinajstić information content (AvgIpc) is 3.08. The summed E-state index contributed by atoms with van der Waals surface area (Å²) in [5.41, 5.74) is 1.39. The van der Waals surface area contributed by atoms with E-state index >= 15 is 0 Å². The first-order valence-corrected chi connectivity index (χ1v) is 11.5. The first-order chi connectivity index (χ1) is 13.2. The van der Waals surface area contributed by atoms with Crippen molar-refractivity contribution in [3.8, 4) is 0 Å². The smallest absolute Gasteiger partial charge is 0.257 e. The van der Waals surface area contributed by atoms with Crippen molar-refractivity contribution in [3.63, 3.8) is 0 Å². The molecule has 0 saturated heterocycles. The molecule has 3 aromatic rings.